The number of hydrogen-bond acceptors (Lipinski definition) is 5. The van der Waals surface area contributed by atoms with Crippen LogP contribution in [0.2, 0.25) is 0 Å². The Morgan fingerprint density at radius 3 is 2.42 bits per heavy atom. The van der Waals surface area contributed by atoms with Crippen LogP contribution in [0, 0.1) is 19.8 Å². The second-order valence-electron chi connectivity index (χ2n) is 8.26. The van der Waals surface area contributed by atoms with Crippen molar-refractivity contribution in [2.24, 2.45) is 13.0 Å². The molecule has 7 nitrogen and oxygen atoms in total. The van der Waals surface area contributed by atoms with Gasteiger partial charge in [-0.3, -0.25) is 9.59 Å². The van der Waals surface area contributed by atoms with Crippen molar-refractivity contribution in [1.29, 1.82) is 0 Å². The van der Waals surface area contributed by atoms with Gasteiger partial charge in [-0.05, 0) is 55.7 Å². The van der Waals surface area contributed by atoms with Crippen molar-refractivity contribution in [3.63, 3.8) is 0 Å². The van der Waals surface area contributed by atoms with Gasteiger partial charge in [-0.25, -0.2) is 0 Å². The molecule has 0 bridgehead atoms. The van der Waals surface area contributed by atoms with Gasteiger partial charge in [0.15, 0.2) is 11.0 Å². The molecule has 0 fully saturated rings. The zero-order valence-corrected chi connectivity index (χ0v) is 21.8. The van der Waals surface area contributed by atoms with Crippen molar-refractivity contribution >= 4 is 45.2 Å². The summed E-state index contributed by atoms with van der Waals surface area (Å²) in [6, 6.07) is 12.8. The first-order valence-corrected chi connectivity index (χ1v) is 12.4. The zero-order chi connectivity index (χ0) is 24.1. The van der Waals surface area contributed by atoms with Crippen molar-refractivity contribution in [2.75, 3.05) is 11.1 Å². The van der Waals surface area contributed by atoms with Crippen molar-refractivity contribution in [2.45, 2.75) is 38.9 Å². The first-order chi connectivity index (χ1) is 15.7. The molecule has 1 atom stereocenters. The number of amides is 2. The van der Waals surface area contributed by atoms with Gasteiger partial charge in [0, 0.05) is 22.8 Å². The highest BCUT2D eigenvalue weighted by Crippen LogP contribution is 2.25. The molecule has 3 aromatic rings. The molecule has 2 amide bonds. The van der Waals surface area contributed by atoms with Gasteiger partial charge in [0.1, 0.15) is 0 Å². The zero-order valence-electron chi connectivity index (χ0n) is 19.3. The molecule has 0 unspecified atom stereocenters. The molecule has 0 aliphatic rings. The Labute approximate surface area is 206 Å². The molecule has 0 radical (unpaired) electrons. The van der Waals surface area contributed by atoms with E-state index in [9.17, 15) is 9.59 Å². The van der Waals surface area contributed by atoms with Crippen molar-refractivity contribution in [1.82, 2.24) is 20.1 Å². The van der Waals surface area contributed by atoms with E-state index in [1.165, 1.54) is 11.8 Å². The van der Waals surface area contributed by atoms with Gasteiger partial charge in [0.25, 0.3) is 5.91 Å². The van der Waals surface area contributed by atoms with E-state index in [-0.39, 0.29) is 29.5 Å². The molecular weight excluding hydrogens is 502 g/mol. The summed E-state index contributed by atoms with van der Waals surface area (Å²) in [7, 11) is 1.85. The molecule has 0 spiro atoms. The smallest absolute Gasteiger partial charge is 0.251 e. The number of hydrogen-bond donors (Lipinski definition) is 2. The van der Waals surface area contributed by atoms with Crippen LogP contribution < -0.4 is 10.6 Å². The van der Waals surface area contributed by atoms with Crippen LogP contribution in [0.5, 0.6) is 0 Å². The summed E-state index contributed by atoms with van der Waals surface area (Å²) in [5, 5.41) is 15.2. The van der Waals surface area contributed by atoms with E-state index < -0.39 is 0 Å². The fraction of sp³-hybridized carbons (Fsp3) is 0.333. The Kier molecular flexibility index (Phi) is 8.31. The van der Waals surface area contributed by atoms with Gasteiger partial charge in [-0.2, -0.15) is 0 Å². The SMILES string of the molecule is Cc1ccc(C(=O)N[C@@H](c2nnc(SCC(=O)Nc3ccc(Br)cc3C)n2C)C(C)C)cc1. The second-order valence-corrected chi connectivity index (χ2v) is 10.1. The Morgan fingerprint density at radius 2 is 1.79 bits per heavy atom. The number of aryl methyl sites for hydroxylation is 2. The first kappa shape index (κ1) is 25.0. The summed E-state index contributed by atoms with van der Waals surface area (Å²) in [6.07, 6.45) is 0. The number of rotatable bonds is 8. The number of benzene rings is 2. The summed E-state index contributed by atoms with van der Waals surface area (Å²) in [6.45, 7) is 7.97. The number of halogens is 1. The maximum atomic E-state index is 12.8. The lowest BCUT2D eigenvalue weighted by molar-refractivity contribution is -0.113. The van der Waals surface area contributed by atoms with E-state index in [1.54, 1.807) is 0 Å². The maximum absolute atomic E-state index is 12.8. The first-order valence-electron chi connectivity index (χ1n) is 10.6. The minimum Gasteiger partial charge on any atom is -0.342 e. The molecule has 2 N–H and O–H groups in total. The molecule has 2 aromatic carbocycles. The third-order valence-corrected chi connectivity index (χ3v) is 6.72. The minimum absolute atomic E-state index is 0.101. The van der Waals surface area contributed by atoms with Crippen LogP contribution in [-0.2, 0) is 11.8 Å². The van der Waals surface area contributed by atoms with Gasteiger partial charge in [0.2, 0.25) is 5.91 Å². The number of carbonyl (C=O) groups excluding carboxylic acids is 2. The van der Waals surface area contributed by atoms with Crippen LogP contribution in [0.1, 0.15) is 47.2 Å². The number of thioether (sulfide) groups is 1. The van der Waals surface area contributed by atoms with Gasteiger partial charge < -0.3 is 15.2 Å². The molecule has 1 heterocycles. The Hall–Kier alpha value is -2.65. The molecule has 3 rings (SSSR count). The van der Waals surface area contributed by atoms with E-state index in [2.05, 4.69) is 36.8 Å². The summed E-state index contributed by atoms with van der Waals surface area (Å²) >= 11 is 4.73. The molecule has 0 saturated heterocycles. The van der Waals surface area contributed by atoms with Gasteiger partial charge in [-0.15, -0.1) is 10.2 Å². The molecule has 0 aliphatic carbocycles. The topological polar surface area (TPSA) is 88.9 Å². The van der Waals surface area contributed by atoms with Crippen LogP contribution >= 0.6 is 27.7 Å². The summed E-state index contributed by atoms with van der Waals surface area (Å²) in [4.78, 5) is 25.2. The van der Waals surface area contributed by atoms with Gasteiger partial charge in [-0.1, -0.05) is 59.2 Å². The predicted octanol–water partition coefficient (Wildman–Crippen LogP) is 5.05. The Balaban J connectivity index is 1.66. The highest BCUT2D eigenvalue weighted by Gasteiger charge is 2.25. The van der Waals surface area contributed by atoms with E-state index in [1.807, 2.05) is 81.8 Å². The normalized spacial score (nSPS) is 12.0. The maximum Gasteiger partial charge on any atom is 0.251 e. The molecule has 9 heteroatoms. The van der Waals surface area contributed by atoms with Crippen LogP contribution in [0.25, 0.3) is 0 Å². The molecule has 0 aliphatic heterocycles. The van der Waals surface area contributed by atoms with Crippen molar-refractivity contribution in [3.8, 4) is 0 Å². The summed E-state index contributed by atoms with van der Waals surface area (Å²) in [5.41, 5.74) is 3.46. The standard InChI is InChI=1S/C24H28BrN5O2S/c1-14(2)21(27-23(32)17-8-6-15(3)7-9-17)22-28-29-24(30(22)5)33-13-20(31)26-19-11-10-18(25)12-16(19)4/h6-12,14,21H,13H2,1-5H3,(H,26,31)(H,27,32)/t21-/m1/s1. The van der Waals surface area contributed by atoms with Gasteiger partial charge >= 0.3 is 0 Å². The van der Waals surface area contributed by atoms with Crippen LogP contribution in [0.4, 0.5) is 5.69 Å². The fourth-order valence-electron chi connectivity index (χ4n) is 3.27. The summed E-state index contributed by atoms with van der Waals surface area (Å²) < 4.78 is 2.80. The number of anilines is 1. The highest BCUT2D eigenvalue weighted by atomic mass is 79.9. The van der Waals surface area contributed by atoms with Crippen molar-refractivity contribution < 1.29 is 9.59 Å². The number of nitrogens with one attached hydrogen (secondary N) is 2. The third-order valence-electron chi connectivity index (χ3n) is 5.21. The fourth-order valence-corrected chi connectivity index (χ4v) is 4.46. The second kappa shape index (κ2) is 11.0. The lowest BCUT2D eigenvalue weighted by Crippen LogP contribution is -2.33. The number of nitrogens with zero attached hydrogens (tertiary/aromatic N) is 3. The quantitative estimate of drug-likeness (QED) is 0.398. The van der Waals surface area contributed by atoms with Crippen LogP contribution in [0.15, 0.2) is 52.1 Å². The predicted molar refractivity (Wildman–Crippen MR) is 135 cm³/mol. The average molecular weight is 530 g/mol. The molecule has 33 heavy (non-hydrogen) atoms. The monoisotopic (exact) mass is 529 g/mol. The summed E-state index contributed by atoms with van der Waals surface area (Å²) in [5.74, 6) is 0.669. The number of carbonyl (C=O) groups is 2. The average Bonchev–Trinajstić information content (AvgIpc) is 3.12. The van der Waals surface area contributed by atoms with E-state index >= 15 is 0 Å². The lowest BCUT2D eigenvalue weighted by Gasteiger charge is -2.21. The molecule has 0 saturated carbocycles. The van der Waals surface area contributed by atoms with E-state index in [0.717, 1.165) is 21.3 Å². The third kappa shape index (κ3) is 6.45. The van der Waals surface area contributed by atoms with E-state index in [4.69, 9.17) is 0 Å². The van der Waals surface area contributed by atoms with Crippen LogP contribution in [-0.4, -0.2) is 32.3 Å². The Morgan fingerprint density at radius 1 is 1.09 bits per heavy atom. The minimum atomic E-state index is -0.315. The van der Waals surface area contributed by atoms with E-state index in [0.29, 0.717) is 16.5 Å². The largest absolute Gasteiger partial charge is 0.342 e. The highest BCUT2D eigenvalue weighted by molar-refractivity contribution is 9.10. The van der Waals surface area contributed by atoms with Crippen molar-refractivity contribution in [3.05, 3.63) is 69.5 Å². The van der Waals surface area contributed by atoms with Gasteiger partial charge in [0.05, 0.1) is 11.8 Å². The lowest BCUT2D eigenvalue weighted by atomic mass is 10.0. The molecule has 174 valence electrons. The van der Waals surface area contributed by atoms with Crippen LogP contribution in [0.3, 0.4) is 0 Å². The molecule has 1 aromatic heterocycles. The Bertz CT molecular complexity index is 1140. The molecular formula is C24H28BrN5O2S. The number of aromatic nitrogens is 3.